The van der Waals surface area contributed by atoms with E-state index in [4.69, 9.17) is 9.15 Å². The van der Waals surface area contributed by atoms with Crippen LogP contribution in [0.5, 0.6) is 5.75 Å². The SMILES string of the molecule is COc1ccccc1-c1nnc(SCc2cc(=O)oc3cc(C)c(C(C)C)cc23)n1-c1ccccc1. The molecule has 0 spiro atoms. The number of aromatic nitrogens is 3. The van der Waals surface area contributed by atoms with E-state index in [1.165, 1.54) is 17.3 Å². The molecule has 0 saturated heterocycles. The summed E-state index contributed by atoms with van der Waals surface area (Å²) in [5.74, 6) is 2.32. The lowest BCUT2D eigenvalue weighted by Gasteiger charge is -2.14. The number of fused-ring (bicyclic) bond motifs is 1. The smallest absolute Gasteiger partial charge is 0.336 e. The van der Waals surface area contributed by atoms with Crippen LogP contribution in [-0.2, 0) is 5.75 Å². The minimum Gasteiger partial charge on any atom is -0.496 e. The van der Waals surface area contributed by atoms with Gasteiger partial charge in [-0.2, -0.15) is 0 Å². The second kappa shape index (κ2) is 10.0. The third-order valence-electron chi connectivity index (χ3n) is 6.19. The number of aryl methyl sites for hydroxylation is 1. The number of rotatable bonds is 7. The first kappa shape index (κ1) is 23.9. The van der Waals surface area contributed by atoms with Crippen LogP contribution in [0.1, 0.15) is 36.5 Å². The van der Waals surface area contributed by atoms with E-state index in [1.807, 2.05) is 65.2 Å². The van der Waals surface area contributed by atoms with E-state index in [1.54, 1.807) is 13.2 Å². The predicted octanol–water partition coefficient (Wildman–Crippen LogP) is 6.77. The second-order valence-electron chi connectivity index (χ2n) is 8.92. The maximum atomic E-state index is 12.4. The topological polar surface area (TPSA) is 70.2 Å². The molecule has 5 rings (SSSR count). The highest BCUT2D eigenvalue weighted by Crippen LogP contribution is 2.35. The summed E-state index contributed by atoms with van der Waals surface area (Å²) >= 11 is 1.53. The summed E-state index contributed by atoms with van der Waals surface area (Å²) in [7, 11) is 1.65. The van der Waals surface area contributed by atoms with Crippen LogP contribution in [0.2, 0.25) is 0 Å². The Balaban J connectivity index is 1.59. The highest BCUT2D eigenvalue weighted by atomic mass is 32.2. The summed E-state index contributed by atoms with van der Waals surface area (Å²) in [6, 6.07) is 23.5. The summed E-state index contributed by atoms with van der Waals surface area (Å²) in [5, 5.41) is 10.8. The maximum absolute atomic E-state index is 12.4. The summed E-state index contributed by atoms with van der Waals surface area (Å²) < 4.78 is 13.2. The molecule has 0 N–H and O–H groups in total. The van der Waals surface area contributed by atoms with Crippen LogP contribution in [0.15, 0.2) is 87.2 Å². The lowest BCUT2D eigenvalue weighted by atomic mass is 9.95. The van der Waals surface area contributed by atoms with E-state index in [0.29, 0.717) is 23.1 Å². The van der Waals surface area contributed by atoms with Gasteiger partial charge in [-0.1, -0.05) is 55.9 Å². The van der Waals surface area contributed by atoms with Gasteiger partial charge in [0.05, 0.1) is 12.7 Å². The zero-order valence-electron chi connectivity index (χ0n) is 20.7. The van der Waals surface area contributed by atoms with E-state index < -0.39 is 0 Å². The molecule has 36 heavy (non-hydrogen) atoms. The molecule has 0 unspecified atom stereocenters. The number of benzene rings is 3. The molecule has 2 aromatic heterocycles. The van der Waals surface area contributed by atoms with Gasteiger partial charge in [-0.25, -0.2) is 4.79 Å². The minimum absolute atomic E-state index is 0.353. The molecule has 0 saturated carbocycles. The number of thioether (sulfide) groups is 1. The molecule has 0 radical (unpaired) electrons. The molecule has 6 nitrogen and oxygen atoms in total. The average molecular weight is 498 g/mol. The Morgan fingerprint density at radius 2 is 1.75 bits per heavy atom. The fourth-order valence-corrected chi connectivity index (χ4v) is 5.40. The number of nitrogens with zero attached hydrogens (tertiary/aromatic N) is 3. The summed E-state index contributed by atoms with van der Waals surface area (Å²) in [5.41, 5.74) is 5.33. The van der Waals surface area contributed by atoms with Gasteiger partial charge in [0.15, 0.2) is 11.0 Å². The van der Waals surface area contributed by atoms with Gasteiger partial charge in [-0.05, 0) is 65.9 Å². The van der Waals surface area contributed by atoms with Crippen molar-refractivity contribution in [1.29, 1.82) is 0 Å². The highest BCUT2D eigenvalue weighted by molar-refractivity contribution is 7.98. The number of hydrogen-bond donors (Lipinski definition) is 0. The van der Waals surface area contributed by atoms with Gasteiger partial charge in [0.1, 0.15) is 11.3 Å². The molecular weight excluding hydrogens is 470 g/mol. The Labute approximate surface area is 214 Å². The maximum Gasteiger partial charge on any atom is 0.336 e. The van der Waals surface area contributed by atoms with E-state index in [2.05, 4.69) is 37.0 Å². The van der Waals surface area contributed by atoms with Crippen molar-refractivity contribution in [2.75, 3.05) is 7.11 Å². The third-order valence-corrected chi connectivity index (χ3v) is 7.17. The number of ether oxygens (including phenoxy) is 1. The van der Waals surface area contributed by atoms with Gasteiger partial charge in [0.2, 0.25) is 0 Å². The Kier molecular flexibility index (Phi) is 6.65. The van der Waals surface area contributed by atoms with Crippen LogP contribution in [-0.4, -0.2) is 21.9 Å². The van der Waals surface area contributed by atoms with Gasteiger partial charge < -0.3 is 9.15 Å². The van der Waals surface area contributed by atoms with E-state index >= 15 is 0 Å². The van der Waals surface area contributed by atoms with Gasteiger partial charge in [0.25, 0.3) is 0 Å². The van der Waals surface area contributed by atoms with Crippen molar-refractivity contribution in [2.45, 2.75) is 37.6 Å². The van der Waals surface area contributed by atoms with Crippen LogP contribution in [0.4, 0.5) is 0 Å². The summed E-state index contributed by atoms with van der Waals surface area (Å²) in [6.45, 7) is 6.39. The van der Waals surface area contributed by atoms with Crippen molar-refractivity contribution in [2.24, 2.45) is 0 Å². The summed E-state index contributed by atoms with van der Waals surface area (Å²) in [6.07, 6.45) is 0. The van der Waals surface area contributed by atoms with Crippen molar-refractivity contribution < 1.29 is 9.15 Å². The zero-order chi connectivity index (χ0) is 25.2. The number of hydrogen-bond acceptors (Lipinski definition) is 6. The zero-order valence-corrected chi connectivity index (χ0v) is 21.5. The lowest BCUT2D eigenvalue weighted by Crippen LogP contribution is -2.03. The van der Waals surface area contributed by atoms with Crippen molar-refractivity contribution in [3.8, 4) is 22.8 Å². The molecule has 3 aromatic carbocycles. The van der Waals surface area contributed by atoms with Gasteiger partial charge in [-0.15, -0.1) is 10.2 Å². The van der Waals surface area contributed by atoms with E-state index in [-0.39, 0.29) is 5.63 Å². The average Bonchev–Trinajstić information content (AvgIpc) is 3.30. The molecule has 0 fully saturated rings. The van der Waals surface area contributed by atoms with Crippen molar-refractivity contribution in [3.63, 3.8) is 0 Å². The van der Waals surface area contributed by atoms with Crippen LogP contribution >= 0.6 is 11.8 Å². The normalized spacial score (nSPS) is 11.4. The quantitative estimate of drug-likeness (QED) is 0.182. The summed E-state index contributed by atoms with van der Waals surface area (Å²) in [4.78, 5) is 12.4. The molecule has 2 heterocycles. The fourth-order valence-electron chi connectivity index (χ4n) is 4.45. The largest absolute Gasteiger partial charge is 0.496 e. The first-order valence-corrected chi connectivity index (χ1v) is 12.8. The standard InChI is InChI=1S/C29H27N3O3S/c1-18(2)23-16-24-20(15-27(33)35-26(24)14-19(23)3)17-36-29-31-30-28(22-12-8-9-13-25(22)34-4)32(29)21-10-6-5-7-11-21/h5-16,18H,17H2,1-4H3. The minimum atomic E-state index is -0.353. The molecule has 0 bridgehead atoms. The Morgan fingerprint density at radius 3 is 2.50 bits per heavy atom. The van der Waals surface area contributed by atoms with Crippen LogP contribution in [0, 0.1) is 6.92 Å². The third kappa shape index (κ3) is 4.54. The number of para-hydroxylation sites is 2. The molecule has 0 atom stereocenters. The van der Waals surface area contributed by atoms with Gasteiger partial charge in [0, 0.05) is 22.9 Å². The second-order valence-corrected chi connectivity index (χ2v) is 9.86. The lowest BCUT2D eigenvalue weighted by molar-refractivity contribution is 0.416. The van der Waals surface area contributed by atoms with Crippen LogP contribution in [0.3, 0.4) is 0 Å². The molecule has 5 aromatic rings. The van der Waals surface area contributed by atoms with Crippen molar-refractivity contribution in [3.05, 3.63) is 99.9 Å². The van der Waals surface area contributed by atoms with Crippen LogP contribution < -0.4 is 10.4 Å². The molecule has 182 valence electrons. The van der Waals surface area contributed by atoms with Gasteiger partial charge >= 0.3 is 5.63 Å². The van der Waals surface area contributed by atoms with Crippen LogP contribution in [0.25, 0.3) is 28.0 Å². The molecule has 0 aliphatic carbocycles. The molecular formula is C29H27N3O3S. The fraction of sp³-hybridized carbons (Fsp3) is 0.207. The Morgan fingerprint density at radius 1 is 1.00 bits per heavy atom. The van der Waals surface area contributed by atoms with E-state index in [9.17, 15) is 4.79 Å². The highest BCUT2D eigenvalue weighted by Gasteiger charge is 2.20. The monoisotopic (exact) mass is 497 g/mol. The molecule has 0 amide bonds. The Bertz CT molecular complexity index is 1590. The molecule has 7 heteroatoms. The van der Waals surface area contributed by atoms with Crippen molar-refractivity contribution in [1.82, 2.24) is 14.8 Å². The molecule has 0 aliphatic rings. The first-order valence-electron chi connectivity index (χ1n) is 11.8. The van der Waals surface area contributed by atoms with Gasteiger partial charge in [-0.3, -0.25) is 4.57 Å². The predicted molar refractivity (Wildman–Crippen MR) is 144 cm³/mol. The van der Waals surface area contributed by atoms with E-state index in [0.717, 1.165) is 38.7 Å². The Hall–Kier alpha value is -3.84. The number of methoxy groups -OCH3 is 1. The van der Waals surface area contributed by atoms with Crippen molar-refractivity contribution >= 4 is 22.7 Å². The first-order chi connectivity index (χ1) is 17.5. The molecule has 0 aliphatic heterocycles.